The molecule has 2 aromatic rings. The van der Waals surface area contributed by atoms with Crippen molar-refractivity contribution in [1.29, 1.82) is 0 Å². The smallest absolute Gasteiger partial charge is 0.317 e. The molecule has 1 N–H and O–H groups in total. The average molecular weight is 376 g/mol. The van der Waals surface area contributed by atoms with Crippen molar-refractivity contribution >= 4 is 35.1 Å². The second-order valence-corrected chi connectivity index (χ2v) is 7.22. The van der Waals surface area contributed by atoms with Gasteiger partial charge >= 0.3 is 6.03 Å². The second kappa shape index (κ2) is 8.50. The van der Waals surface area contributed by atoms with Crippen LogP contribution in [-0.2, 0) is 6.54 Å². The molecule has 1 fully saturated rings. The number of halogens is 1. The third kappa shape index (κ3) is 4.61. The normalized spacial score (nSPS) is 14.5. The first kappa shape index (κ1) is 18.0. The van der Waals surface area contributed by atoms with Gasteiger partial charge in [0.2, 0.25) is 0 Å². The number of urea groups is 1. The Bertz CT molecular complexity index is 715. The quantitative estimate of drug-likeness (QED) is 0.817. The number of rotatable bonds is 4. The van der Waals surface area contributed by atoms with E-state index in [4.69, 9.17) is 11.6 Å². The summed E-state index contributed by atoms with van der Waals surface area (Å²) in [6, 6.07) is 16.1. The van der Waals surface area contributed by atoms with Crippen LogP contribution in [0.2, 0.25) is 5.02 Å². The third-order valence-electron chi connectivity index (χ3n) is 4.36. The minimum absolute atomic E-state index is 0.00671. The highest BCUT2D eigenvalue weighted by Gasteiger charge is 2.22. The first-order chi connectivity index (χ1) is 12.2. The van der Waals surface area contributed by atoms with E-state index in [0.29, 0.717) is 19.6 Å². The van der Waals surface area contributed by atoms with E-state index in [2.05, 4.69) is 40.7 Å². The largest absolute Gasteiger partial charge is 0.367 e. The minimum Gasteiger partial charge on any atom is -0.367 e. The van der Waals surface area contributed by atoms with Crippen LogP contribution in [0, 0.1) is 0 Å². The van der Waals surface area contributed by atoms with E-state index in [9.17, 15) is 4.79 Å². The van der Waals surface area contributed by atoms with E-state index in [1.165, 1.54) is 4.90 Å². The summed E-state index contributed by atoms with van der Waals surface area (Å²) in [6.45, 7) is 3.53. The van der Waals surface area contributed by atoms with Crippen LogP contribution < -0.4 is 10.2 Å². The maximum absolute atomic E-state index is 12.4. The topological polar surface area (TPSA) is 35.6 Å². The van der Waals surface area contributed by atoms with Crippen LogP contribution in [0.25, 0.3) is 0 Å². The van der Waals surface area contributed by atoms with Crippen LogP contribution in [-0.4, -0.2) is 43.4 Å². The predicted octanol–water partition coefficient (Wildman–Crippen LogP) is 4.09. The number of carbonyl (C=O) groups excluding carboxylic acids is 1. The number of amides is 2. The number of piperazine rings is 1. The van der Waals surface area contributed by atoms with Crippen LogP contribution in [0.5, 0.6) is 0 Å². The fourth-order valence-corrected chi connectivity index (χ4v) is 3.55. The lowest BCUT2D eigenvalue weighted by Crippen LogP contribution is -2.51. The van der Waals surface area contributed by atoms with Gasteiger partial charge in [-0.3, -0.25) is 0 Å². The number of carbonyl (C=O) groups is 1. The summed E-state index contributed by atoms with van der Waals surface area (Å²) in [7, 11) is 0. The van der Waals surface area contributed by atoms with Crippen LogP contribution in [0.1, 0.15) is 5.56 Å². The predicted molar refractivity (Wildman–Crippen MR) is 106 cm³/mol. The molecule has 0 spiro atoms. The van der Waals surface area contributed by atoms with Gasteiger partial charge in [-0.05, 0) is 36.1 Å². The van der Waals surface area contributed by atoms with Gasteiger partial charge < -0.3 is 15.1 Å². The van der Waals surface area contributed by atoms with Crippen molar-refractivity contribution in [2.24, 2.45) is 0 Å². The molecule has 0 unspecified atom stereocenters. The molecule has 0 radical (unpaired) electrons. The molecule has 1 saturated heterocycles. The lowest BCUT2D eigenvalue weighted by molar-refractivity contribution is 0.194. The van der Waals surface area contributed by atoms with Gasteiger partial charge in [0.1, 0.15) is 0 Å². The average Bonchev–Trinajstić information content (AvgIpc) is 2.67. The van der Waals surface area contributed by atoms with Crippen LogP contribution >= 0.6 is 23.4 Å². The van der Waals surface area contributed by atoms with Gasteiger partial charge in [-0.2, -0.15) is 0 Å². The molecule has 2 amide bonds. The van der Waals surface area contributed by atoms with Gasteiger partial charge in [-0.1, -0.05) is 35.9 Å². The van der Waals surface area contributed by atoms with E-state index >= 15 is 0 Å². The Kier molecular flexibility index (Phi) is 6.10. The molecule has 25 heavy (non-hydrogen) atoms. The van der Waals surface area contributed by atoms with Crippen molar-refractivity contribution < 1.29 is 4.79 Å². The number of anilines is 1. The Balaban J connectivity index is 1.49. The van der Waals surface area contributed by atoms with Crippen molar-refractivity contribution in [2.75, 3.05) is 37.3 Å². The molecular weight excluding hydrogens is 354 g/mol. The van der Waals surface area contributed by atoms with Crippen molar-refractivity contribution in [3.8, 4) is 0 Å². The summed E-state index contributed by atoms with van der Waals surface area (Å²) in [5.41, 5.74) is 2.15. The molecule has 132 valence electrons. The molecule has 0 bridgehead atoms. The Morgan fingerprint density at radius 2 is 1.76 bits per heavy atom. The monoisotopic (exact) mass is 375 g/mol. The lowest BCUT2D eigenvalue weighted by Gasteiger charge is -2.36. The number of benzene rings is 2. The highest BCUT2D eigenvalue weighted by atomic mass is 35.5. The zero-order chi connectivity index (χ0) is 17.6. The molecule has 0 aliphatic carbocycles. The zero-order valence-electron chi connectivity index (χ0n) is 14.2. The maximum atomic E-state index is 12.4. The summed E-state index contributed by atoms with van der Waals surface area (Å²) in [5, 5.41) is 3.77. The van der Waals surface area contributed by atoms with Gasteiger partial charge in [0.05, 0.1) is 10.7 Å². The van der Waals surface area contributed by atoms with Crippen LogP contribution in [0.4, 0.5) is 10.5 Å². The fraction of sp³-hybridized carbons (Fsp3) is 0.316. The Labute approximate surface area is 158 Å². The highest BCUT2D eigenvalue weighted by molar-refractivity contribution is 7.98. The minimum atomic E-state index is -0.00671. The molecule has 1 aliphatic rings. The molecule has 0 saturated carbocycles. The van der Waals surface area contributed by atoms with E-state index < -0.39 is 0 Å². The Morgan fingerprint density at radius 1 is 1.08 bits per heavy atom. The first-order valence-electron chi connectivity index (χ1n) is 8.32. The van der Waals surface area contributed by atoms with Crippen molar-refractivity contribution in [3.05, 3.63) is 59.1 Å². The molecule has 0 atom stereocenters. The van der Waals surface area contributed by atoms with E-state index in [1.54, 1.807) is 11.8 Å². The van der Waals surface area contributed by atoms with Gasteiger partial charge in [0.15, 0.2) is 0 Å². The van der Waals surface area contributed by atoms with Crippen molar-refractivity contribution in [2.45, 2.75) is 11.4 Å². The van der Waals surface area contributed by atoms with Crippen LogP contribution in [0.3, 0.4) is 0 Å². The number of hydrogen-bond donors (Lipinski definition) is 1. The van der Waals surface area contributed by atoms with Crippen molar-refractivity contribution in [1.82, 2.24) is 10.2 Å². The standard InChI is InChI=1S/C19H22ClN3OS/c1-25-16-8-6-15(7-9-16)14-21-19(24)23-12-10-22(11-13-23)18-5-3-2-4-17(18)20/h2-9H,10-14H2,1H3,(H,21,24). The summed E-state index contributed by atoms with van der Waals surface area (Å²) >= 11 is 7.97. The molecule has 2 aromatic carbocycles. The summed E-state index contributed by atoms with van der Waals surface area (Å²) in [4.78, 5) is 17.7. The SMILES string of the molecule is CSc1ccc(CNC(=O)N2CCN(c3ccccc3Cl)CC2)cc1. The van der Waals surface area contributed by atoms with E-state index in [-0.39, 0.29) is 6.03 Å². The highest BCUT2D eigenvalue weighted by Crippen LogP contribution is 2.26. The van der Waals surface area contributed by atoms with Gasteiger partial charge in [-0.25, -0.2) is 4.79 Å². The summed E-state index contributed by atoms with van der Waals surface area (Å²) in [6.07, 6.45) is 2.05. The number of nitrogens with zero attached hydrogens (tertiary/aromatic N) is 2. The molecule has 4 nitrogen and oxygen atoms in total. The molecule has 1 heterocycles. The molecule has 3 rings (SSSR count). The number of para-hydroxylation sites is 1. The molecule has 6 heteroatoms. The number of thioether (sulfide) groups is 1. The fourth-order valence-electron chi connectivity index (χ4n) is 2.89. The Morgan fingerprint density at radius 3 is 2.40 bits per heavy atom. The number of hydrogen-bond acceptors (Lipinski definition) is 3. The first-order valence-corrected chi connectivity index (χ1v) is 9.93. The van der Waals surface area contributed by atoms with Gasteiger partial charge in [-0.15, -0.1) is 11.8 Å². The third-order valence-corrected chi connectivity index (χ3v) is 5.43. The van der Waals surface area contributed by atoms with Gasteiger partial charge in [0.25, 0.3) is 0 Å². The van der Waals surface area contributed by atoms with E-state index in [1.807, 2.05) is 29.2 Å². The molecular formula is C19H22ClN3OS. The maximum Gasteiger partial charge on any atom is 0.317 e. The van der Waals surface area contributed by atoms with E-state index in [0.717, 1.165) is 29.4 Å². The second-order valence-electron chi connectivity index (χ2n) is 5.93. The van der Waals surface area contributed by atoms with Gasteiger partial charge in [0, 0.05) is 37.6 Å². The lowest BCUT2D eigenvalue weighted by atomic mass is 10.2. The number of nitrogens with one attached hydrogen (secondary N) is 1. The van der Waals surface area contributed by atoms with Crippen LogP contribution in [0.15, 0.2) is 53.4 Å². The molecule has 1 aliphatic heterocycles. The Hall–Kier alpha value is -1.85. The summed E-state index contributed by atoms with van der Waals surface area (Å²) < 4.78 is 0. The zero-order valence-corrected chi connectivity index (χ0v) is 15.8. The molecule has 0 aromatic heterocycles. The summed E-state index contributed by atoms with van der Waals surface area (Å²) in [5.74, 6) is 0. The van der Waals surface area contributed by atoms with Crippen molar-refractivity contribution in [3.63, 3.8) is 0 Å².